The summed E-state index contributed by atoms with van der Waals surface area (Å²) in [5.74, 6) is 1.26. The number of furan rings is 1. The van der Waals surface area contributed by atoms with Crippen molar-refractivity contribution in [3.63, 3.8) is 0 Å². The predicted molar refractivity (Wildman–Crippen MR) is 127 cm³/mol. The Balaban J connectivity index is 1.54. The summed E-state index contributed by atoms with van der Waals surface area (Å²) in [6, 6.07) is 11.8. The highest BCUT2D eigenvalue weighted by molar-refractivity contribution is 6.02. The molecule has 5 nitrogen and oxygen atoms in total. The summed E-state index contributed by atoms with van der Waals surface area (Å²) in [4.78, 5) is 16.7. The first-order chi connectivity index (χ1) is 15.1. The molecule has 0 atom stereocenters. The number of aromatic nitrogens is 1. The van der Waals surface area contributed by atoms with Crippen LogP contribution in [0.15, 0.2) is 47.0 Å². The van der Waals surface area contributed by atoms with Gasteiger partial charge < -0.3 is 14.5 Å². The number of amides is 1. The zero-order valence-corrected chi connectivity index (χ0v) is 19.8. The van der Waals surface area contributed by atoms with Crippen LogP contribution < -0.4 is 10.1 Å². The van der Waals surface area contributed by atoms with E-state index in [9.17, 15) is 4.79 Å². The molecule has 0 fully saturated rings. The van der Waals surface area contributed by atoms with E-state index in [1.807, 2.05) is 6.07 Å². The number of pyridine rings is 1. The van der Waals surface area contributed by atoms with Crippen LogP contribution in [-0.2, 0) is 17.3 Å². The first-order valence-electron chi connectivity index (χ1n) is 11.1. The van der Waals surface area contributed by atoms with Crippen LogP contribution in [0.2, 0.25) is 0 Å². The average Bonchev–Trinajstić information content (AvgIpc) is 3.22. The summed E-state index contributed by atoms with van der Waals surface area (Å²) < 4.78 is 10.9. The lowest BCUT2D eigenvalue weighted by atomic mass is 9.62. The topological polar surface area (TPSA) is 64.4 Å². The molecule has 1 N–H and O–H groups in total. The van der Waals surface area contributed by atoms with Gasteiger partial charge in [0.25, 0.3) is 5.91 Å². The second kappa shape index (κ2) is 8.12. The van der Waals surface area contributed by atoms with Crippen molar-refractivity contribution in [2.75, 3.05) is 12.4 Å². The third-order valence-corrected chi connectivity index (χ3v) is 6.76. The molecule has 1 aromatic carbocycles. The van der Waals surface area contributed by atoms with Crippen molar-refractivity contribution in [2.24, 2.45) is 0 Å². The molecule has 0 radical (unpaired) electrons. The van der Waals surface area contributed by atoms with Crippen molar-refractivity contribution >= 4 is 11.6 Å². The van der Waals surface area contributed by atoms with Crippen molar-refractivity contribution < 1.29 is 13.9 Å². The minimum Gasteiger partial charge on any atom is -0.481 e. The van der Waals surface area contributed by atoms with E-state index in [1.165, 1.54) is 35.1 Å². The Bertz CT molecular complexity index is 1140. The number of rotatable bonds is 5. The summed E-state index contributed by atoms with van der Waals surface area (Å²) in [6.07, 6.45) is 4.60. The Morgan fingerprint density at radius 1 is 1.06 bits per heavy atom. The molecule has 2 aromatic heterocycles. The molecule has 0 unspecified atom stereocenters. The lowest BCUT2D eigenvalue weighted by molar-refractivity contribution is 0.0995. The van der Waals surface area contributed by atoms with Gasteiger partial charge in [0, 0.05) is 12.5 Å². The Morgan fingerprint density at radius 2 is 1.75 bits per heavy atom. The van der Waals surface area contributed by atoms with E-state index < -0.39 is 0 Å². The highest BCUT2D eigenvalue weighted by atomic mass is 16.5. The molecule has 1 aliphatic carbocycles. The van der Waals surface area contributed by atoms with Gasteiger partial charge in [0.1, 0.15) is 5.76 Å². The molecule has 0 saturated heterocycles. The van der Waals surface area contributed by atoms with E-state index in [1.54, 1.807) is 31.5 Å². The number of benzene rings is 1. The normalized spacial score (nSPS) is 16.3. The third-order valence-electron chi connectivity index (χ3n) is 6.76. The molecular formula is C27H32N2O3. The van der Waals surface area contributed by atoms with Crippen LogP contribution in [0.5, 0.6) is 5.88 Å². The van der Waals surface area contributed by atoms with E-state index in [0.717, 1.165) is 5.76 Å². The zero-order chi connectivity index (χ0) is 23.1. The maximum Gasteiger partial charge on any atom is 0.291 e. The Labute approximate surface area is 190 Å². The maximum atomic E-state index is 12.6. The quantitative estimate of drug-likeness (QED) is 0.522. The largest absolute Gasteiger partial charge is 0.481 e. The lowest BCUT2D eigenvalue weighted by Gasteiger charge is -2.42. The molecule has 4 rings (SSSR count). The van der Waals surface area contributed by atoms with Crippen molar-refractivity contribution in [2.45, 2.75) is 64.7 Å². The molecule has 2 heterocycles. The molecule has 1 amide bonds. The van der Waals surface area contributed by atoms with Gasteiger partial charge in [-0.25, -0.2) is 4.98 Å². The summed E-state index contributed by atoms with van der Waals surface area (Å²) in [7, 11) is 1.55. The number of ether oxygens (including phenoxy) is 1. The molecule has 5 heteroatoms. The minimum absolute atomic E-state index is 0.161. The Morgan fingerprint density at radius 3 is 2.38 bits per heavy atom. The number of aryl methyl sites for hydroxylation is 1. The summed E-state index contributed by atoms with van der Waals surface area (Å²) in [5.41, 5.74) is 6.35. The van der Waals surface area contributed by atoms with Crippen molar-refractivity contribution in [3.8, 4) is 5.88 Å². The maximum absolute atomic E-state index is 12.6. The monoisotopic (exact) mass is 432 g/mol. The molecule has 168 valence electrons. The smallest absolute Gasteiger partial charge is 0.291 e. The lowest BCUT2D eigenvalue weighted by Crippen LogP contribution is -2.34. The number of methoxy groups -OCH3 is 1. The van der Waals surface area contributed by atoms with Crippen LogP contribution in [0.3, 0.4) is 0 Å². The number of hydrogen-bond donors (Lipinski definition) is 1. The van der Waals surface area contributed by atoms with Gasteiger partial charge in [-0.15, -0.1) is 0 Å². The van der Waals surface area contributed by atoms with Gasteiger partial charge in [-0.2, -0.15) is 0 Å². The van der Waals surface area contributed by atoms with Crippen molar-refractivity contribution in [3.05, 3.63) is 76.4 Å². The summed E-state index contributed by atoms with van der Waals surface area (Å²) >= 11 is 0. The average molecular weight is 433 g/mol. The van der Waals surface area contributed by atoms with Gasteiger partial charge in [-0.3, -0.25) is 4.79 Å². The Hall–Kier alpha value is -3.08. The van der Waals surface area contributed by atoms with Crippen LogP contribution in [0.4, 0.5) is 5.69 Å². The fourth-order valence-corrected chi connectivity index (χ4v) is 4.51. The van der Waals surface area contributed by atoms with E-state index in [4.69, 9.17) is 9.15 Å². The summed E-state index contributed by atoms with van der Waals surface area (Å²) in [6.45, 7) is 11.5. The number of carbonyl (C=O) groups excluding carboxylic acids is 1. The molecule has 0 spiro atoms. The second-order valence-corrected chi connectivity index (χ2v) is 10.1. The summed E-state index contributed by atoms with van der Waals surface area (Å²) in [5, 5.41) is 2.81. The van der Waals surface area contributed by atoms with Crippen LogP contribution in [0.25, 0.3) is 0 Å². The van der Waals surface area contributed by atoms with Gasteiger partial charge in [0.05, 0.1) is 19.0 Å². The molecule has 0 aliphatic heterocycles. The number of nitrogens with one attached hydrogen (secondary N) is 1. The fourth-order valence-electron chi connectivity index (χ4n) is 4.51. The standard InChI is InChI=1S/C27H32N2O3/c1-17-13-21-22(27(4,5)12-11-26(21,2)3)15-18(17)14-20-8-9-23(32-20)25(30)29-19-7-10-24(31-6)28-16-19/h7-10,13,15-16H,11-12,14H2,1-6H3,(H,29,30). The number of nitrogens with zero attached hydrogens (tertiary/aromatic N) is 1. The highest BCUT2D eigenvalue weighted by Gasteiger charge is 2.37. The number of hydrogen-bond acceptors (Lipinski definition) is 4. The molecular weight excluding hydrogens is 400 g/mol. The van der Waals surface area contributed by atoms with Gasteiger partial charge in [0.2, 0.25) is 5.88 Å². The molecule has 32 heavy (non-hydrogen) atoms. The van der Waals surface area contributed by atoms with Crippen LogP contribution in [-0.4, -0.2) is 18.0 Å². The molecule has 0 bridgehead atoms. The second-order valence-electron chi connectivity index (χ2n) is 10.1. The van der Waals surface area contributed by atoms with Crippen molar-refractivity contribution in [1.82, 2.24) is 4.98 Å². The molecule has 0 saturated carbocycles. The van der Waals surface area contributed by atoms with E-state index >= 15 is 0 Å². The van der Waals surface area contributed by atoms with E-state index in [0.29, 0.717) is 18.0 Å². The number of fused-ring (bicyclic) bond motifs is 1. The third kappa shape index (κ3) is 4.29. The van der Waals surface area contributed by atoms with Gasteiger partial charge >= 0.3 is 0 Å². The molecule has 3 aromatic rings. The van der Waals surface area contributed by atoms with Crippen LogP contribution in [0.1, 0.15) is 79.1 Å². The van der Waals surface area contributed by atoms with Crippen LogP contribution >= 0.6 is 0 Å². The first kappa shape index (κ1) is 22.1. The van der Waals surface area contributed by atoms with Gasteiger partial charge in [0.15, 0.2) is 5.76 Å². The van der Waals surface area contributed by atoms with Crippen LogP contribution in [0, 0.1) is 6.92 Å². The predicted octanol–water partition coefficient (Wildman–Crippen LogP) is 6.18. The minimum atomic E-state index is -0.298. The first-order valence-corrected chi connectivity index (χ1v) is 11.1. The number of carbonyl (C=O) groups is 1. The highest BCUT2D eigenvalue weighted by Crippen LogP contribution is 2.46. The van der Waals surface area contributed by atoms with Gasteiger partial charge in [-0.05, 0) is 71.0 Å². The number of anilines is 1. The van der Waals surface area contributed by atoms with E-state index in [2.05, 4.69) is 57.1 Å². The fraction of sp³-hybridized carbons (Fsp3) is 0.407. The molecule has 1 aliphatic rings. The zero-order valence-electron chi connectivity index (χ0n) is 19.8. The SMILES string of the molecule is COc1ccc(NC(=O)c2ccc(Cc3cc4c(cc3C)C(C)(C)CCC4(C)C)o2)cn1. The van der Waals surface area contributed by atoms with Gasteiger partial charge in [-0.1, -0.05) is 39.8 Å². The van der Waals surface area contributed by atoms with E-state index in [-0.39, 0.29) is 22.5 Å². The Kier molecular flexibility index (Phi) is 5.61. The van der Waals surface area contributed by atoms with Crippen molar-refractivity contribution in [1.29, 1.82) is 0 Å².